The standard InChI is InChI=1S/C14H16ClN3/c1-2-18-7-5-10(6-8-18)14-16-12-4-3-11(15)9-13(12)17-14/h3-5,9H,2,6-8H2,1H3,(H,16,17). The van der Waals surface area contributed by atoms with E-state index in [4.69, 9.17) is 11.6 Å². The number of nitrogens with zero attached hydrogens (tertiary/aromatic N) is 2. The molecule has 18 heavy (non-hydrogen) atoms. The molecule has 1 N–H and O–H groups in total. The van der Waals surface area contributed by atoms with Crippen LogP contribution < -0.4 is 0 Å². The van der Waals surface area contributed by atoms with E-state index in [1.54, 1.807) is 0 Å². The largest absolute Gasteiger partial charge is 0.338 e. The van der Waals surface area contributed by atoms with Crippen molar-refractivity contribution in [2.45, 2.75) is 13.3 Å². The van der Waals surface area contributed by atoms with Crippen LogP contribution in [0.5, 0.6) is 0 Å². The summed E-state index contributed by atoms with van der Waals surface area (Å²) < 4.78 is 0. The summed E-state index contributed by atoms with van der Waals surface area (Å²) >= 11 is 5.98. The van der Waals surface area contributed by atoms with Gasteiger partial charge in [0.2, 0.25) is 0 Å². The van der Waals surface area contributed by atoms with Gasteiger partial charge in [0.15, 0.2) is 0 Å². The molecule has 1 aliphatic heterocycles. The number of hydrogen-bond donors (Lipinski definition) is 1. The SMILES string of the molecule is CCN1CC=C(c2nc3ccc(Cl)cc3[nH]2)CC1. The van der Waals surface area contributed by atoms with Crippen LogP contribution in [0.15, 0.2) is 24.3 Å². The molecular weight excluding hydrogens is 246 g/mol. The minimum Gasteiger partial charge on any atom is -0.338 e. The fourth-order valence-corrected chi connectivity index (χ4v) is 2.52. The molecular formula is C14H16ClN3. The molecule has 0 amide bonds. The van der Waals surface area contributed by atoms with E-state index in [-0.39, 0.29) is 0 Å². The van der Waals surface area contributed by atoms with Gasteiger partial charge in [0.25, 0.3) is 0 Å². The molecule has 4 heteroatoms. The zero-order chi connectivity index (χ0) is 12.5. The van der Waals surface area contributed by atoms with Crippen LogP contribution in [0.4, 0.5) is 0 Å². The highest BCUT2D eigenvalue weighted by molar-refractivity contribution is 6.31. The molecule has 0 bridgehead atoms. The highest BCUT2D eigenvalue weighted by Crippen LogP contribution is 2.24. The van der Waals surface area contributed by atoms with E-state index >= 15 is 0 Å². The van der Waals surface area contributed by atoms with Gasteiger partial charge in [-0.15, -0.1) is 0 Å². The van der Waals surface area contributed by atoms with Crippen molar-refractivity contribution in [1.82, 2.24) is 14.9 Å². The van der Waals surface area contributed by atoms with E-state index in [0.717, 1.165) is 47.9 Å². The molecule has 1 aliphatic rings. The lowest BCUT2D eigenvalue weighted by molar-refractivity contribution is 0.318. The molecule has 2 heterocycles. The van der Waals surface area contributed by atoms with Gasteiger partial charge in [-0.05, 0) is 36.7 Å². The van der Waals surface area contributed by atoms with Gasteiger partial charge in [-0.2, -0.15) is 0 Å². The van der Waals surface area contributed by atoms with Gasteiger partial charge in [-0.25, -0.2) is 4.98 Å². The smallest absolute Gasteiger partial charge is 0.134 e. The van der Waals surface area contributed by atoms with Crippen molar-refractivity contribution >= 4 is 28.2 Å². The first-order valence-electron chi connectivity index (χ1n) is 6.33. The van der Waals surface area contributed by atoms with Gasteiger partial charge in [0, 0.05) is 18.1 Å². The van der Waals surface area contributed by atoms with Crippen LogP contribution in [0.1, 0.15) is 19.2 Å². The van der Waals surface area contributed by atoms with Crippen LogP contribution in [0.2, 0.25) is 5.02 Å². The van der Waals surface area contributed by atoms with Gasteiger partial charge in [0.05, 0.1) is 11.0 Å². The Bertz CT molecular complexity index is 600. The normalized spacial score (nSPS) is 17.1. The Morgan fingerprint density at radius 2 is 2.33 bits per heavy atom. The van der Waals surface area contributed by atoms with Crippen LogP contribution >= 0.6 is 11.6 Å². The molecule has 0 atom stereocenters. The first-order chi connectivity index (χ1) is 8.76. The maximum absolute atomic E-state index is 5.98. The van der Waals surface area contributed by atoms with Crippen molar-refractivity contribution in [3.8, 4) is 0 Å². The third-order valence-electron chi connectivity index (χ3n) is 3.49. The molecule has 1 aromatic carbocycles. The summed E-state index contributed by atoms with van der Waals surface area (Å²) in [6.07, 6.45) is 3.33. The number of fused-ring (bicyclic) bond motifs is 1. The third kappa shape index (κ3) is 2.16. The second-order valence-electron chi connectivity index (χ2n) is 4.62. The summed E-state index contributed by atoms with van der Waals surface area (Å²) in [6, 6.07) is 5.76. The molecule has 0 aliphatic carbocycles. The quantitative estimate of drug-likeness (QED) is 0.899. The molecule has 0 fully saturated rings. The van der Waals surface area contributed by atoms with Crippen molar-refractivity contribution < 1.29 is 0 Å². The number of H-pyrrole nitrogens is 1. The Morgan fingerprint density at radius 3 is 3.06 bits per heavy atom. The molecule has 0 saturated carbocycles. The molecule has 3 nitrogen and oxygen atoms in total. The number of aromatic nitrogens is 2. The summed E-state index contributed by atoms with van der Waals surface area (Å²) in [4.78, 5) is 10.4. The molecule has 94 valence electrons. The Labute approximate surface area is 111 Å². The second kappa shape index (κ2) is 4.75. The average molecular weight is 262 g/mol. The Kier molecular flexibility index (Phi) is 3.10. The lowest BCUT2D eigenvalue weighted by atomic mass is 10.1. The molecule has 0 saturated heterocycles. The molecule has 1 aromatic heterocycles. The van der Waals surface area contributed by atoms with Crippen LogP contribution in [0.25, 0.3) is 16.6 Å². The second-order valence-corrected chi connectivity index (χ2v) is 5.06. The van der Waals surface area contributed by atoms with Crippen molar-refractivity contribution in [3.63, 3.8) is 0 Å². The third-order valence-corrected chi connectivity index (χ3v) is 3.72. The van der Waals surface area contributed by atoms with Crippen LogP contribution in [-0.2, 0) is 0 Å². The van der Waals surface area contributed by atoms with Crippen molar-refractivity contribution in [2.75, 3.05) is 19.6 Å². The number of likely N-dealkylation sites (N-methyl/N-ethyl adjacent to an activating group) is 1. The van der Waals surface area contributed by atoms with Gasteiger partial charge in [-0.1, -0.05) is 24.6 Å². The van der Waals surface area contributed by atoms with Crippen LogP contribution in [0, 0.1) is 0 Å². The fraction of sp³-hybridized carbons (Fsp3) is 0.357. The van der Waals surface area contributed by atoms with E-state index in [1.807, 2.05) is 18.2 Å². The van der Waals surface area contributed by atoms with Gasteiger partial charge in [0.1, 0.15) is 5.82 Å². The maximum Gasteiger partial charge on any atom is 0.134 e. The van der Waals surface area contributed by atoms with Gasteiger partial charge in [-0.3, -0.25) is 4.90 Å². The lowest BCUT2D eigenvalue weighted by Gasteiger charge is -2.23. The summed E-state index contributed by atoms with van der Waals surface area (Å²) in [5, 5.41) is 0.743. The Balaban J connectivity index is 1.93. The number of imidazole rings is 1. The monoisotopic (exact) mass is 261 g/mol. The van der Waals surface area contributed by atoms with Gasteiger partial charge < -0.3 is 4.98 Å². The maximum atomic E-state index is 5.98. The van der Waals surface area contributed by atoms with Crippen LogP contribution in [0.3, 0.4) is 0 Å². The topological polar surface area (TPSA) is 31.9 Å². The zero-order valence-electron chi connectivity index (χ0n) is 10.4. The van der Waals surface area contributed by atoms with Crippen molar-refractivity contribution in [3.05, 3.63) is 35.1 Å². The molecule has 0 spiro atoms. The molecule has 0 unspecified atom stereocenters. The number of hydrogen-bond acceptors (Lipinski definition) is 2. The Morgan fingerprint density at radius 1 is 1.44 bits per heavy atom. The highest BCUT2D eigenvalue weighted by atomic mass is 35.5. The number of nitrogens with one attached hydrogen (secondary N) is 1. The number of rotatable bonds is 2. The number of halogens is 1. The minimum absolute atomic E-state index is 0.743. The summed E-state index contributed by atoms with van der Waals surface area (Å²) in [6.45, 7) is 5.44. The first-order valence-corrected chi connectivity index (χ1v) is 6.71. The Hall–Kier alpha value is -1.32. The summed E-state index contributed by atoms with van der Waals surface area (Å²) in [7, 11) is 0. The van der Waals surface area contributed by atoms with E-state index in [1.165, 1.54) is 5.57 Å². The molecule has 0 radical (unpaired) electrons. The number of benzene rings is 1. The lowest BCUT2D eigenvalue weighted by Crippen LogP contribution is -2.28. The predicted molar refractivity (Wildman–Crippen MR) is 75.8 cm³/mol. The van der Waals surface area contributed by atoms with E-state index < -0.39 is 0 Å². The number of aromatic amines is 1. The fourth-order valence-electron chi connectivity index (χ4n) is 2.35. The average Bonchev–Trinajstić information content (AvgIpc) is 2.81. The van der Waals surface area contributed by atoms with E-state index in [0.29, 0.717) is 0 Å². The van der Waals surface area contributed by atoms with Crippen LogP contribution in [-0.4, -0.2) is 34.5 Å². The zero-order valence-corrected chi connectivity index (χ0v) is 11.2. The van der Waals surface area contributed by atoms with E-state index in [9.17, 15) is 0 Å². The molecule has 3 rings (SSSR count). The van der Waals surface area contributed by atoms with Crippen molar-refractivity contribution in [2.24, 2.45) is 0 Å². The summed E-state index contributed by atoms with van der Waals surface area (Å²) in [5.41, 5.74) is 3.30. The molecule has 2 aromatic rings. The first kappa shape index (κ1) is 11.8. The predicted octanol–water partition coefficient (Wildman–Crippen LogP) is 3.33. The highest BCUT2D eigenvalue weighted by Gasteiger charge is 2.14. The summed E-state index contributed by atoms with van der Waals surface area (Å²) in [5.74, 6) is 0.989. The van der Waals surface area contributed by atoms with Crippen molar-refractivity contribution in [1.29, 1.82) is 0 Å². The minimum atomic E-state index is 0.743. The van der Waals surface area contributed by atoms with E-state index in [2.05, 4.69) is 27.9 Å². The van der Waals surface area contributed by atoms with Gasteiger partial charge >= 0.3 is 0 Å².